The molecule has 0 aromatic heterocycles. The van der Waals surface area contributed by atoms with Gasteiger partial charge in [-0.25, -0.2) is 4.99 Å². The number of aliphatic imine (C=N–C) groups is 1. The highest BCUT2D eigenvalue weighted by atomic mass is 16.5. The summed E-state index contributed by atoms with van der Waals surface area (Å²) in [5.74, 6) is 7.23. The van der Waals surface area contributed by atoms with Gasteiger partial charge in [0, 0.05) is 65.8 Å². The Morgan fingerprint density at radius 3 is 2.60 bits per heavy atom. The number of hydrogen-bond acceptors (Lipinski definition) is 6. The van der Waals surface area contributed by atoms with Crippen LogP contribution in [-0.2, 0) is 9.47 Å². The van der Waals surface area contributed by atoms with Crippen molar-refractivity contribution < 1.29 is 9.47 Å². The highest BCUT2D eigenvalue weighted by Gasteiger charge is 2.77. The summed E-state index contributed by atoms with van der Waals surface area (Å²) in [6.07, 6.45) is 64.4. The summed E-state index contributed by atoms with van der Waals surface area (Å²) in [6.45, 7) is 0. The lowest BCUT2D eigenvalue weighted by molar-refractivity contribution is 0.0194. The first-order valence-corrected chi connectivity index (χ1v) is 27.2. The molecular formula is C59H72N4O2. The molecule has 0 amide bonds. The maximum Gasteiger partial charge on any atom is 0.158 e. The van der Waals surface area contributed by atoms with Crippen molar-refractivity contribution in [3.05, 3.63) is 120 Å². The number of rotatable bonds is 4. The molecule has 5 aliphatic heterocycles. The minimum absolute atomic E-state index is 0.0260. The van der Waals surface area contributed by atoms with Crippen LogP contribution in [0, 0.1) is 64.6 Å². The van der Waals surface area contributed by atoms with E-state index in [2.05, 4.69) is 112 Å². The molecule has 0 aromatic carbocycles. The monoisotopic (exact) mass is 869 g/mol. The Hall–Kier alpha value is -3.29. The van der Waals surface area contributed by atoms with Gasteiger partial charge in [0.25, 0.3) is 0 Å². The summed E-state index contributed by atoms with van der Waals surface area (Å²) < 4.78 is 14.0. The zero-order valence-corrected chi connectivity index (χ0v) is 38.6. The van der Waals surface area contributed by atoms with Crippen LogP contribution in [0.3, 0.4) is 0 Å². The van der Waals surface area contributed by atoms with Crippen molar-refractivity contribution in [3.63, 3.8) is 0 Å². The van der Waals surface area contributed by atoms with Crippen LogP contribution < -0.4 is 5.32 Å². The second-order valence-corrected chi connectivity index (χ2v) is 23.7. The predicted molar refractivity (Wildman–Crippen MR) is 258 cm³/mol. The van der Waals surface area contributed by atoms with Crippen LogP contribution in [0.15, 0.2) is 125 Å². The zero-order chi connectivity index (χ0) is 42.4. The van der Waals surface area contributed by atoms with Gasteiger partial charge >= 0.3 is 0 Å². The topological polar surface area (TPSA) is 49.3 Å². The molecule has 340 valence electrons. The maximum absolute atomic E-state index is 7.11. The Labute approximate surface area is 388 Å². The van der Waals surface area contributed by atoms with E-state index in [1.54, 1.807) is 5.57 Å². The van der Waals surface area contributed by atoms with Gasteiger partial charge in [0.05, 0.1) is 30.5 Å². The van der Waals surface area contributed by atoms with E-state index in [1.165, 1.54) is 113 Å². The third-order valence-electron chi connectivity index (χ3n) is 21.0. The lowest BCUT2D eigenvalue weighted by Crippen LogP contribution is -2.59. The number of nitrogens with one attached hydrogen (secondary N) is 1. The Morgan fingerprint density at radius 1 is 0.754 bits per heavy atom. The number of ether oxygens (including phenoxy) is 2. The van der Waals surface area contributed by atoms with E-state index in [9.17, 15) is 0 Å². The summed E-state index contributed by atoms with van der Waals surface area (Å²) >= 11 is 0. The van der Waals surface area contributed by atoms with Crippen LogP contribution in [0.5, 0.6) is 0 Å². The summed E-state index contributed by atoms with van der Waals surface area (Å²) in [7, 11) is 0. The molecule has 7 fully saturated rings. The van der Waals surface area contributed by atoms with Gasteiger partial charge in [-0.1, -0.05) is 123 Å². The molecule has 10 aliphatic carbocycles. The molecule has 65 heavy (non-hydrogen) atoms. The van der Waals surface area contributed by atoms with Gasteiger partial charge in [-0.15, -0.1) is 0 Å². The van der Waals surface area contributed by atoms with Crippen molar-refractivity contribution >= 4 is 5.84 Å². The fourth-order valence-electron chi connectivity index (χ4n) is 18.3. The van der Waals surface area contributed by atoms with E-state index in [0.717, 1.165) is 43.4 Å². The number of fused-ring (bicyclic) bond motifs is 11. The molecule has 1 N–H and O–H groups in total. The van der Waals surface area contributed by atoms with Gasteiger partial charge < -0.3 is 14.4 Å². The maximum atomic E-state index is 7.11. The molecular weight excluding hydrogens is 797 g/mol. The predicted octanol–water partition coefficient (Wildman–Crippen LogP) is 11.2. The van der Waals surface area contributed by atoms with Crippen LogP contribution in [-0.4, -0.2) is 70.5 Å². The zero-order valence-electron chi connectivity index (χ0n) is 38.6. The summed E-state index contributed by atoms with van der Waals surface area (Å²) in [5, 5.41) is 4.42. The molecule has 6 nitrogen and oxygen atoms in total. The third-order valence-corrected chi connectivity index (χ3v) is 21.0. The number of nitrogens with zero attached hydrogens (tertiary/aromatic N) is 3. The first-order chi connectivity index (χ1) is 32.2. The van der Waals surface area contributed by atoms with E-state index < -0.39 is 0 Å². The Balaban J connectivity index is 0.755. The Bertz CT molecular complexity index is 2320. The van der Waals surface area contributed by atoms with Crippen LogP contribution in [0.4, 0.5) is 0 Å². The Morgan fingerprint density at radius 2 is 1.63 bits per heavy atom. The average Bonchev–Trinajstić information content (AvgIpc) is 3.73. The van der Waals surface area contributed by atoms with Crippen molar-refractivity contribution in [3.8, 4) is 0 Å². The van der Waals surface area contributed by atoms with E-state index in [-0.39, 0.29) is 18.5 Å². The van der Waals surface area contributed by atoms with Crippen molar-refractivity contribution in [1.82, 2.24) is 15.1 Å². The molecule has 6 heteroatoms. The number of likely N-dealkylation sites (tertiary alicyclic amines) is 2. The highest BCUT2D eigenvalue weighted by Crippen LogP contribution is 2.74. The number of amidine groups is 1. The minimum atomic E-state index is 0.0260. The normalized spacial score (nSPS) is 49.8. The lowest BCUT2D eigenvalue weighted by Gasteiger charge is -2.46. The van der Waals surface area contributed by atoms with Gasteiger partial charge in [-0.3, -0.25) is 10.2 Å². The fourth-order valence-corrected chi connectivity index (χ4v) is 18.3. The second-order valence-electron chi connectivity index (χ2n) is 23.7. The van der Waals surface area contributed by atoms with Gasteiger partial charge in [-0.05, 0) is 129 Å². The van der Waals surface area contributed by atoms with E-state index in [4.69, 9.17) is 14.5 Å². The van der Waals surface area contributed by atoms with Crippen molar-refractivity contribution in [2.45, 2.75) is 170 Å². The van der Waals surface area contributed by atoms with Gasteiger partial charge in [0.2, 0.25) is 0 Å². The molecule has 0 aromatic rings. The third kappa shape index (κ3) is 5.94. The molecule has 1 spiro atoms. The molecule has 15 aliphatic rings. The molecule has 4 saturated heterocycles. The summed E-state index contributed by atoms with van der Waals surface area (Å²) in [6, 6.07) is 1.88. The van der Waals surface area contributed by atoms with Gasteiger partial charge in [0.15, 0.2) is 6.29 Å². The second kappa shape index (κ2) is 15.4. The van der Waals surface area contributed by atoms with Crippen molar-refractivity contribution in [2.24, 2.45) is 69.6 Å². The number of piperidine rings is 1. The summed E-state index contributed by atoms with van der Waals surface area (Å²) in [5.41, 5.74) is 6.54. The molecule has 19 atom stereocenters. The smallest absolute Gasteiger partial charge is 0.158 e. The number of allylic oxidation sites excluding steroid dienone is 11. The van der Waals surface area contributed by atoms with E-state index in [0.29, 0.717) is 83.2 Å². The van der Waals surface area contributed by atoms with Crippen LogP contribution in [0.2, 0.25) is 0 Å². The molecule has 15 rings (SSSR count). The van der Waals surface area contributed by atoms with Crippen LogP contribution >= 0.6 is 0 Å². The Kier molecular flexibility index (Phi) is 9.38. The molecule has 3 saturated carbocycles. The first kappa shape index (κ1) is 39.7. The fraction of sp³-hybridized carbons (Fsp3) is 0.644. The average molecular weight is 869 g/mol. The number of hydrogen-bond donors (Lipinski definition) is 1. The lowest BCUT2D eigenvalue weighted by atomic mass is 9.66. The van der Waals surface area contributed by atoms with Crippen LogP contribution in [0.1, 0.15) is 116 Å². The minimum Gasteiger partial charge on any atom is -0.370 e. The van der Waals surface area contributed by atoms with Crippen molar-refractivity contribution in [1.29, 1.82) is 0 Å². The molecule has 0 radical (unpaired) electrons. The molecule has 5 heterocycles. The highest BCUT2D eigenvalue weighted by molar-refractivity contribution is 5.87. The molecule has 0 bridgehead atoms. The van der Waals surface area contributed by atoms with Gasteiger partial charge in [0.1, 0.15) is 5.84 Å². The molecule has 16 unspecified atom stereocenters. The van der Waals surface area contributed by atoms with Crippen LogP contribution in [0.25, 0.3) is 0 Å². The quantitative estimate of drug-likeness (QED) is 0.285. The SMILES string of the molecule is C1=CCC2OC3C(C4=C[C@@H]5C6CC=CC=C6N(C6=NC(N7C8CC=CCC8C89CC(C%10=CCCC%11C%12CCCCC%12O[C@H]%10%11)C=CC8C79)NC(C7CCCCC7)C6)C5C=C4)C=CC[C@H]3C2=C1. The summed E-state index contributed by atoms with van der Waals surface area (Å²) in [4.78, 5) is 11.9. The largest absolute Gasteiger partial charge is 0.370 e. The van der Waals surface area contributed by atoms with E-state index >= 15 is 0 Å². The first-order valence-electron chi connectivity index (χ1n) is 27.2. The van der Waals surface area contributed by atoms with Crippen molar-refractivity contribution in [2.75, 3.05) is 0 Å². The standard InChI is InChI=1S/C59H72N4O2/c1-2-14-35(15-3-1)48-33-54(62-49-24-8-4-16-40(49)45-32-36(29-31-50(45)62)38-19-12-21-43-41-17-5-10-26-52(41)64-55(38)43)61-58(60-48)63-51-25-9-7-23-46(51)59-34-37(28-30-47(59)57(59)63)39-20-13-22-44-42-18-6-11-27-53(42)65-56(39)44/h4-5,7-10,12,17,19-20,24,28-32,35,37-38,40,42-48,50-53,55-58,60H,1-3,6,11,13-16,18,21-23,25-27,33-34H2/t37?,38?,40?,42?,43-,44?,45+,46?,47?,48?,50?,51?,52?,53?,55?,56+,57?,58?,59?/m0/s1. The van der Waals surface area contributed by atoms with E-state index in [1.807, 2.05) is 0 Å². The van der Waals surface area contributed by atoms with Gasteiger partial charge in [-0.2, -0.15) is 0 Å².